The first kappa shape index (κ1) is 22.6. The molecule has 4 aliphatic carbocycles. The van der Waals surface area contributed by atoms with Gasteiger partial charge in [-0.1, -0.05) is 59.6 Å². The zero-order valence-corrected chi connectivity index (χ0v) is 21.6. The SMILES string of the molecule is COc1cc(CNC23CC4CC(C)(CC(C)(C4)C2)C3)c(Br)cc1OCc1ccccc1Cl. The van der Waals surface area contributed by atoms with Crippen molar-refractivity contribution in [1.82, 2.24) is 5.32 Å². The maximum absolute atomic E-state index is 6.28. The number of benzene rings is 2. The van der Waals surface area contributed by atoms with Crippen LogP contribution in [0.4, 0.5) is 0 Å². The van der Waals surface area contributed by atoms with Crippen molar-refractivity contribution in [2.45, 2.75) is 71.1 Å². The molecule has 2 aromatic rings. The number of nitrogens with one attached hydrogen (secondary N) is 1. The Morgan fingerprint density at radius 3 is 2.38 bits per heavy atom. The van der Waals surface area contributed by atoms with Crippen molar-refractivity contribution in [3.05, 3.63) is 57.0 Å². The molecule has 2 atom stereocenters. The Morgan fingerprint density at radius 2 is 1.72 bits per heavy atom. The van der Waals surface area contributed by atoms with E-state index in [0.717, 1.165) is 34.0 Å². The van der Waals surface area contributed by atoms with Crippen LogP contribution in [0, 0.1) is 16.7 Å². The molecule has 5 heteroatoms. The van der Waals surface area contributed by atoms with E-state index in [1.807, 2.05) is 30.3 Å². The number of ether oxygens (including phenoxy) is 2. The summed E-state index contributed by atoms with van der Waals surface area (Å²) in [7, 11) is 1.70. The zero-order chi connectivity index (χ0) is 22.6. The largest absolute Gasteiger partial charge is 0.493 e. The maximum atomic E-state index is 6.28. The van der Waals surface area contributed by atoms with E-state index in [2.05, 4.69) is 41.2 Å². The van der Waals surface area contributed by atoms with E-state index in [4.69, 9.17) is 21.1 Å². The lowest BCUT2D eigenvalue weighted by Crippen LogP contribution is -2.63. The summed E-state index contributed by atoms with van der Waals surface area (Å²) in [5.74, 6) is 2.35. The van der Waals surface area contributed by atoms with Crippen molar-refractivity contribution < 1.29 is 9.47 Å². The molecule has 172 valence electrons. The second-order valence-corrected chi connectivity index (χ2v) is 12.5. The van der Waals surface area contributed by atoms with E-state index in [1.54, 1.807) is 7.11 Å². The van der Waals surface area contributed by atoms with Crippen LogP contribution < -0.4 is 14.8 Å². The number of methoxy groups -OCH3 is 1. The predicted octanol–water partition coefficient (Wildman–Crippen LogP) is 7.53. The van der Waals surface area contributed by atoms with Crippen LogP contribution in [0.5, 0.6) is 11.5 Å². The molecule has 0 radical (unpaired) electrons. The van der Waals surface area contributed by atoms with Gasteiger partial charge in [-0.3, -0.25) is 0 Å². The molecule has 6 rings (SSSR count). The molecule has 0 saturated heterocycles. The average Bonchev–Trinajstić information content (AvgIpc) is 2.70. The van der Waals surface area contributed by atoms with E-state index in [-0.39, 0.29) is 5.54 Å². The second kappa shape index (κ2) is 8.21. The van der Waals surface area contributed by atoms with Crippen LogP contribution in [0.15, 0.2) is 40.9 Å². The summed E-state index contributed by atoms with van der Waals surface area (Å²) < 4.78 is 12.8. The van der Waals surface area contributed by atoms with Gasteiger partial charge < -0.3 is 14.8 Å². The normalized spacial score (nSPS) is 32.8. The highest BCUT2D eigenvalue weighted by Gasteiger charge is 2.59. The number of halogens is 2. The Balaban J connectivity index is 1.31. The molecule has 0 aliphatic heterocycles. The van der Waals surface area contributed by atoms with Gasteiger partial charge in [-0.05, 0) is 79.0 Å². The highest BCUT2D eigenvalue weighted by Crippen LogP contribution is 2.66. The summed E-state index contributed by atoms with van der Waals surface area (Å²) in [5.41, 5.74) is 3.45. The van der Waals surface area contributed by atoms with Gasteiger partial charge in [0.2, 0.25) is 0 Å². The van der Waals surface area contributed by atoms with Crippen LogP contribution in [0.3, 0.4) is 0 Å². The van der Waals surface area contributed by atoms with Gasteiger partial charge in [-0.2, -0.15) is 0 Å². The fourth-order valence-electron chi connectivity index (χ4n) is 7.68. The lowest BCUT2D eigenvalue weighted by atomic mass is 9.43. The maximum Gasteiger partial charge on any atom is 0.162 e. The van der Waals surface area contributed by atoms with Crippen LogP contribution in [0.2, 0.25) is 5.02 Å². The van der Waals surface area contributed by atoms with Crippen LogP contribution in [-0.4, -0.2) is 12.6 Å². The van der Waals surface area contributed by atoms with E-state index < -0.39 is 0 Å². The predicted molar refractivity (Wildman–Crippen MR) is 133 cm³/mol. The lowest BCUT2D eigenvalue weighted by molar-refractivity contribution is -0.118. The molecular formula is C27H33BrClNO2. The highest BCUT2D eigenvalue weighted by atomic mass is 79.9. The van der Waals surface area contributed by atoms with Gasteiger partial charge in [0.15, 0.2) is 11.5 Å². The summed E-state index contributed by atoms with van der Waals surface area (Å²) in [5, 5.41) is 4.74. The minimum absolute atomic E-state index is 0.273. The van der Waals surface area contributed by atoms with Gasteiger partial charge in [-0.15, -0.1) is 0 Å². The molecule has 1 N–H and O–H groups in total. The van der Waals surface area contributed by atoms with Gasteiger partial charge in [0.1, 0.15) is 6.61 Å². The van der Waals surface area contributed by atoms with Crippen molar-refractivity contribution in [2.75, 3.05) is 7.11 Å². The van der Waals surface area contributed by atoms with Crippen molar-refractivity contribution in [2.24, 2.45) is 16.7 Å². The molecule has 4 fully saturated rings. The van der Waals surface area contributed by atoms with Gasteiger partial charge in [0.05, 0.1) is 7.11 Å². The second-order valence-electron chi connectivity index (χ2n) is 11.2. The van der Waals surface area contributed by atoms with Gasteiger partial charge in [-0.25, -0.2) is 0 Å². The monoisotopic (exact) mass is 517 g/mol. The Kier molecular flexibility index (Phi) is 5.79. The van der Waals surface area contributed by atoms with Crippen LogP contribution in [0.1, 0.15) is 63.5 Å². The quantitative estimate of drug-likeness (QED) is 0.411. The van der Waals surface area contributed by atoms with Crippen LogP contribution in [-0.2, 0) is 13.2 Å². The van der Waals surface area contributed by atoms with Crippen LogP contribution >= 0.6 is 27.5 Å². The third-order valence-corrected chi connectivity index (χ3v) is 9.06. The van der Waals surface area contributed by atoms with Gasteiger partial charge in [0, 0.05) is 27.1 Å². The molecule has 3 nitrogen and oxygen atoms in total. The molecule has 4 bridgehead atoms. The third kappa shape index (κ3) is 4.31. The summed E-state index contributed by atoms with van der Waals surface area (Å²) in [6.07, 6.45) is 8.17. The first-order chi connectivity index (χ1) is 15.2. The first-order valence-electron chi connectivity index (χ1n) is 11.7. The number of rotatable bonds is 7. The Labute approximate surface area is 205 Å². The fourth-order valence-corrected chi connectivity index (χ4v) is 8.34. The lowest BCUT2D eigenvalue weighted by Gasteiger charge is -2.65. The first-order valence-corrected chi connectivity index (χ1v) is 12.9. The van der Waals surface area contributed by atoms with Crippen molar-refractivity contribution in [1.29, 1.82) is 0 Å². The number of hydrogen-bond acceptors (Lipinski definition) is 3. The van der Waals surface area contributed by atoms with Crippen molar-refractivity contribution >= 4 is 27.5 Å². The summed E-state index contributed by atoms with van der Waals surface area (Å²) in [6, 6.07) is 11.9. The molecule has 2 aromatic carbocycles. The van der Waals surface area contributed by atoms with Gasteiger partial charge >= 0.3 is 0 Å². The third-order valence-electron chi connectivity index (χ3n) is 7.95. The molecule has 0 aromatic heterocycles. The van der Waals surface area contributed by atoms with E-state index in [9.17, 15) is 0 Å². The molecule has 4 aliphatic rings. The van der Waals surface area contributed by atoms with E-state index in [0.29, 0.717) is 22.5 Å². The molecule has 4 saturated carbocycles. The average molecular weight is 519 g/mol. The summed E-state index contributed by atoms with van der Waals surface area (Å²) in [4.78, 5) is 0. The topological polar surface area (TPSA) is 30.5 Å². The zero-order valence-electron chi connectivity index (χ0n) is 19.3. The van der Waals surface area contributed by atoms with Gasteiger partial charge in [0.25, 0.3) is 0 Å². The summed E-state index contributed by atoms with van der Waals surface area (Å²) >= 11 is 10.1. The molecule has 0 heterocycles. The Morgan fingerprint density at radius 1 is 1.00 bits per heavy atom. The molecule has 2 unspecified atom stereocenters. The Hall–Kier alpha value is -1.23. The molecule has 0 spiro atoms. The molecule has 32 heavy (non-hydrogen) atoms. The smallest absolute Gasteiger partial charge is 0.162 e. The summed E-state index contributed by atoms with van der Waals surface area (Å²) in [6.45, 7) is 6.29. The minimum Gasteiger partial charge on any atom is -0.493 e. The van der Waals surface area contributed by atoms with Crippen molar-refractivity contribution in [3.63, 3.8) is 0 Å². The molecule has 0 amide bonds. The highest BCUT2D eigenvalue weighted by molar-refractivity contribution is 9.10. The van der Waals surface area contributed by atoms with E-state index >= 15 is 0 Å². The Bertz CT molecular complexity index is 1010. The standard InChI is InChI=1S/C27H33BrClNO2/c1-25-10-18-11-26(2,15-25)17-27(12-18,16-25)30-13-20-8-23(31-3)24(9-21(20)28)32-14-19-6-4-5-7-22(19)29/h4-9,18,30H,10-17H2,1-3H3. The number of hydrogen-bond donors (Lipinski definition) is 1. The van der Waals surface area contributed by atoms with Crippen LogP contribution in [0.25, 0.3) is 0 Å². The van der Waals surface area contributed by atoms with E-state index in [1.165, 1.54) is 44.1 Å². The molecular weight excluding hydrogens is 486 g/mol. The van der Waals surface area contributed by atoms with Crippen molar-refractivity contribution in [3.8, 4) is 11.5 Å². The minimum atomic E-state index is 0.273. The fraction of sp³-hybridized carbons (Fsp3) is 0.556.